The molecule has 1 aromatic carbocycles. The zero-order chi connectivity index (χ0) is 16.4. The summed E-state index contributed by atoms with van der Waals surface area (Å²) in [6.07, 6.45) is 1.64. The fourth-order valence-corrected chi connectivity index (χ4v) is 3.23. The monoisotopic (exact) mass is 336 g/mol. The van der Waals surface area contributed by atoms with Crippen LogP contribution < -0.4 is 14.8 Å². The van der Waals surface area contributed by atoms with Crippen molar-refractivity contribution in [3.63, 3.8) is 0 Å². The topological polar surface area (TPSA) is 97.6 Å². The Morgan fingerprint density at radius 1 is 1.22 bits per heavy atom. The van der Waals surface area contributed by atoms with E-state index in [9.17, 15) is 13.2 Å². The number of anilines is 1. The zero-order valence-electron chi connectivity index (χ0n) is 12.4. The molecular formula is C15H16N2O5S. The van der Waals surface area contributed by atoms with Gasteiger partial charge in [-0.2, -0.15) is 0 Å². The van der Waals surface area contributed by atoms with Crippen molar-refractivity contribution in [1.82, 2.24) is 4.72 Å². The van der Waals surface area contributed by atoms with Gasteiger partial charge in [0.2, 0.25) is 5.09 Å². The Kier molecular flexibility index (Phi) is 4.10. The summed E-state index contributed by atoms with van der Waals surface area (Å²) in [7, 11) is -2.22. The Morgan fingerprint density at radius 2 is 1.96 bits per heavy atom. The van der Waals surface area contributed by atoms with Crippen LogP contribution in [0.2, 0.25) is 0 Å². The van der Waals surface area contributed by atoms with E-state index in [0.717, 1.165) is 12.8 Å². The maximum absolute atomic E-state index is 12.2. The quantitative estimate of drug-likeness (QED) is 0.840. The van der Waals surface area contributed by atoms with E-state index in [4.69, 9.17) is 9.15 Å². The summed E-state index contributed by atoms with van der Waals surface area (Å²) >= 11 is 0. The lowest BCUT2D eigenvalue weighted by Crippen LogP contribution is -2.25. The Labute approximate surface area is 133 Å². The average Bonchev–Trinajstić information content (AvgIpc) is 3.17. The van der Waals surface area contributed by atoms with Gasteiger partial charge in [0.05, 0.1) is 12.8 Å². The fraction of sp³-hybridized carbons (Fsp3) is 0.267. The molecule has 122 valence electrons. The van der Waals surface area contributed by atoms with Gasteiger partial charge >= 0.3 is 0 Å². The summed E-state index contributed by atoms with van der Waals surface area (Å²) in [6.45, 7) is 0. The van der Waals surface area contributed by atoms with Crippen LogP contribution in [-0.4, -0.2) is 27.5 Å². The molecule has 0 atom stereocenters. The number of sulfonamides is 1. The lowest BCUT2D eigenvalue weighted by molar-refractivity contribution is 0.0991. The highest BCUT2D eigenvalue weighted by molar-refractivity contribution is 7.89. The van der Waals surface area contributed by atoms with Crippen LogP contribution in [-0.2, 0) is 10.0 Å². The number of benzene rings is 1. The molecule has 0 unspecified atom stereocenters. The van der Waals surface area contributed by atoms with Crippen molar-refractivity contribution < 1.29 is 22.4 Å². The minimum Gasteiger partial charge on any atom is -0.495 e. The first-order valence-corrected chi connectivity index (χ1v) is 8.54. The Morgan fingerprint density at radius 3 is 2.65 bits per heavy atom. The van der Waals surface area contributed by atoms with E-state index in [2.05, 4.69) is 10.0 Å². The van der Waals surface area contributed by atoms with Gasteiger partial charge in [-0.3, -0.25) is 4.79 Å². The van der Waals surface area contributed by atoms with Gasteiger partial charge in [0.15, 0.2) is 5.76 Å². The van der Waals surface area contributed by atoms with Gasteiger partial charge in [0.25, 0.3) is 15.9 Å². The fourth-order valence-electron chi connectivity index (χ4n) is 2.00. The van der Waals surface area contributed by atoms with Crippen LogP contribution in [0.1, 0.15) is 23.4 Å². The van der Waals surface area contributed by atoms with Gasteiger partial charge in [-0.1, -0.05) is 12.1 Å². The standard InChI is InChI=1S/C15H16N2O5S/c1-21-12-5-3-2-4-11(12)16-15(18)13-8-9-14(22-13)23(19,20)17-10-6-7-10/h2-5,8-10,17H,6-7H2,1H3,(H,16,18). The smallest absolute Gasteiger partial charge is 0.291 e. The maximum atomic E-state index is 12.2. The van der Waals surface area contributed by atoms with Crippen LogP contribution in [0.15, 0.2) is 45.9 Å². The first-order chi connectivity index (χ1) is 11.0. The predicted octanol–water partition coefficient (Wildman–Crippen LogP) is 1.98. The lowest BCUT2D eigenvalue weighted by atomic mass is 10.3. The molecule has 0 aliphatic heterocycles. The van der Waals surface area contributed by atoms with E-state index in [1.54, 1.807) is 24.3 Å². The van der Waals surface area contributed by atoms with E-state index in [1.165, 1.54) is 19.2 Å². The summed E-state index contributed by atoms with van der Waals surface area (Å²) in [6, 6.07) is 9.45. The molecule has 1 heterocycles. The summed E-state index contributed by atoms with van der Waals surface area (Å²) in [4.78, 5) is 12.2. The van der Waals surface area contributed by atoms with E-state index < -0.39 is 15.9 Å². The third kappa shape index (κ3) is 3.54. The van der Waals surface area contributed by atoms with E-state index in [0.29, 0.717) is 11.4 Å². The van der Waals surface area contributed by atoms with Crippen LogP contribution in [0.25, 0.3) is 0 Å². The molecule has 1 aliphatic carbocycles. The third-order valence-electron chi connectivity index (χ3n) is 3.32. The second-order valence-electron chi connectivity index (χ2n) is 5.17. The van der Waals surface area contributed by atoms with Crippen molar-refractivity contribution in [2.24, 2.45) is 0 Å². The number of rotatable bonds is 6. The minimum atomic E-state index is -3.72. The Hall–Kier alpha value is -2.32. The summed E-state index contributed by atoms with van der Waals surface area (Å²) in [5.74, 6) is -0.148. The largest absolute Gasteiger partial charge is 0.495 e. The molecule has 3 rings (SSSR count). The Balaban J connectivity index is 1.76. The van der Waals surface area contributed by atoms with Gasteiger partial charge in [-0.15, -0.1) is 0 Å². The summed E-state index contributed by atoms with van der Waals surface area (Å²) < 4.78 is 36.9. The highest BCUT2D eigenvalue weighted by Gasteiger charge is 2.30. The second-order valence-corrected chi connectivity index (χ2v) is 6.81. The number of amides is 1. The third-order valence-corrected chi connectivity index (χ3v) is 4.72. The normalized spacial score (nSPS) is 14.5. The van der Waals surface area contributed by atoms with Gasteiger partial charge in [-0.05, 0) is 37.1 Å². The summed E-state index contributed by atoms with van der Waals surface area (Å²) in [5, 5.41) is 2.35. The summed E-state index contributed by atoms with van der Waals surface area (Å²) in [5.41, 5.74) is 0.469. The van der Waals surface area contributed by atoms with Crippen molar-refractivity contribution >= 4 is 21.6 Å². The highest BCUT2D eigenvalue weighted by atomic mass is 32.2. The van der Waals surface area contributed by atoms with E-state index in [-0.39, 0.29) is 16.9 Å². The first kappa shape index (κ1) is 15.6. The molecular weight excluding hydrogens is 320 g/mol. The van der Waals surface area contributed by atoms with E-state index >= 15 is 0 Å². The molecule has 1 aliphatic rings. The molecule has 2 aromatic rings. The first-order valence-electron chi connectivity index (χ1n) is 7.06. The lowest BCUT2D eigenvalue weighted by Gasteiger charge is -2.08. The number of hydrogen-bond donors (Lipinski definition) is 2. The molecule has 23 heavy (non-hydrogen) atoms. The maximum Gasteiger partial charge on any atom is 0.291 e. The van der Waals surface area contributed by atoms with Gasteiger partial charge in [0.1, 0.15) is 5.75 Å². The van der Waals surface area contributed by atoms with Crippen molar-refractivity contribution in [1.29, 1.82) is 0 Å². The number of hydrogen-bond acceptors (Lipinski definition) is 5. The van der Waals surface area contributed by atoms with E-state index in [1.807, 2.05) is 0 Å². The average molecular weight is 336 g/mol. The SMILES string of the molecule is COc1ccccc1NC(=O)c1ccc(S(=O)(=O)NC2CC2)o1. The Bertz CT molecular complexity index is 824. The number of carbonyl (C=O) groups excluding carboxylic acids is 1. The molecule has 2 N–H and O–H groups in total. The molecule has 1 saturated carbocycles. The highest BCUT2D eigenvalue weighted by Crippen LogP contribution is 2.25. The van der Waals surface area contributed by atoms with Crippen molar-refractivity contribution in [2.75, 3.05) is 12.4 Å². The number of para-hydroxylation sites is 2. The van der Waals surface area contributed by atoms with Crippen LogP contribution in [0.4, 0.5) is 5.69 Å². The van der Waals surface area contributed by atoms with Crippen LogP contribution in [0.3, 0.4) is 0 Å². The van der Waals surface area contributed by atoms with Crippen molar-refractivity contribution in [3.05, 3.63) is 42.2 Å². The number of carbonyl (C=O) groups is 1. The molecule has 7 nitrogen and oxygen atoms in total. The number of ether oxygens (including phenoxy) is 1. The van der Waals surface area contributed by atoms with Crippen LogP contribution in [0, 0.1) is 0 Å². The molecule has 0 bridgehead atoms. The minimum absolute atomic E-state index is 0.0315. The molecule has 8 heteroatoms. The predicted molar refractivity (Wildman–Crippen MR) is 83.0 cm³/mol. The van der Waals surface area contributed by atoms with Crippen LogP contribution >= 0.6 is 0 Å². The van der Waals surface area contributed by atoms with Crippen LogP contribution in [0.5, 0.6) is 5.75 Å². The van der Waals surface area contributed by atoms with Gasteiger partial charge in [0, 0.05) is 6.04 Å². The van der Waals surface area contributed by atoms with Gasteiger partial charge in [-0.25, -0.2) is 13.1 Å². The van der Waals surface area contributed by atoms with Crippen molar-refractivity contribution in [3.8, 4) is 5.75 Å². The molecule has 1 fully saturated rings. The number of methoxy groups -OCH3 is 1. The molecule has 1 amide bonds. The second kappa shape index (κ2) is 6.05. The van der Waals surface area contributed by atoms with Crippen molar-refractivity contribution in [2.45, 2.75) is 24.0 Å². The number of furan rings is 1. The zero-order valence-corrected chi connectivity index (χ0v) is 13.2. The molecule has 0 radical (unpaired) electrons. The molecule has 0 spiro atoms. The molecule has 0 saturated heterocycles. The van der Waals surface area contributed by atoms with Gasteiger partial charge < -0.3 is 14.5 Å². The number of nitrogens with one attached hydrogen (secondary N) is 2. The molecule has 1 aromatic heterocycles.